The third-order valence-electron chi connectivity index (χ3n) is 6.36. The molecule has 0 heterocycles. The lowest BCUT2D eigenvalue weighted by molar-refractivity contribution is -0.139. The van der Waals surface area contributed by atoms with Crippen molar-refractivity contribution in [2.75, 3.05) is 17.1 Å². The van der Waals surface area contributed by atoms with E-state index in [2.05, 4.69) is 5.32 Å². The summed E-state index contributed by atoms with van der Waals surface area (Å²) in [5.74, 6) is -0.712. The summed E-state index contributed by atoms with van der Waals surface area (Å²) in [4.78, 5) is 28.1. The minimum absolute atomic E-state index is 0.0990. The number of nitrogens with zero attached hydrogens (tertiary/aromatic N) is 2. The van der Waals surface area contributed by atoms with Gasteiger partial charge in [0.1, 0.15) is 12.6 Å². The molecule has 3 rings (SSSR count). The summed E-state index contributed by atoms with van der Waals surface area (Å²) < 4.78 is 26.3. The minimum Gasteiger partial charge on any atom is -0.352 e. The summed E-state index contributed by atoms with van der Waals surface area (Å²) >= 11 is 6.15. The fraction of sp³-hybridized carbons (Fsp3) is 0.462. The largest absolute Gasteiger partial charge is 0.352 e. The highest BCUT2D eigenvalue weighted by Crippen LogP contribution is 2.21. The molecule has 1 saturated carbocycles. The van der Waals surface area contributed by atoms with Crippen molar-refractivity contribution in [1.82, 2.24) is 10.2 Å². The van der Waals surface area contributed by atoms with Crippen molar-refractivity contribution in [3.63, 3.8) is 0 Å². The Labute approximate surface area is 213 Å². The lowest BCUT2D eigenvalue weighted by Gasteiger charge is -2.33. The number of benzene rings is 2. The number of hydrogen-bond acceptors (Lipinski definition) is 4. The van der Waals surface area contributed by atoms with Crippen LogP contribution in [0.4, 0.5) is 5.69 Å². The van der Waals surface area contributed by atoms with Gasteiger partial charge in [0.2, 0.25) is 21.8 Å². The highest BCUT2D eigenvalue weighted by atomic mass is 35.5. The molecule has 0 radical (unpaired) electrons. The van der Waals surface area contributed by atoms with Gasteiger partial charge in [-0.25, -0.2) is 8.42 Å². The normalized spacial score (nSPS) is 15.3. The van der Waals surface area contributed by atoms with E-state index in [0.29, 0.717) is 10.7 Å². The summed E-state index contributed by atoms with van der Waals surface area (Å²) in [6.07, 6.45) is 6.24. The molecule has 1 N–H and O–H groups in total. The van der Waals surface area contributed by atoms with Gasteiger partial charge in [-0.2, -0.15) is 0 Å². The van der Waals surface area contributed by atoms with E-state index >= 15 is 0 Å². The standard InChI is InChI=1S/C26H34ClN3O4S/c1-19-12-14-24(15-13-19)30(35(3,33)34)18-25(31)29(17-21-8-7-9-22(27)16-21)20(2)26(32)28-23-10-5-4-6-11-23/h7-9,12-16,20,23H,4-6,10-11,17-18H2,1-3H3,(H,28,32). The molecular formula is C26H34ClN3O4S. The molecule has 0 bridgehead atoms. The van der Waals surface area contributed by atoms with Crippen molar-refractivity contribution >= 4 is 39.1 Å². The van der Waals surface area contributed by atoms with Crippen molar-refractivity contribution in [3.05, 3.63) is 64.7 Å². The number of carbonyl (C=O) groups excluding carboxylic acids is 2. The average molecular weight is 520 g/mol. The first-order valence-electron chi connectivity index (χ1n) is 11.9. The predicted molar refractivity (Wildman–Crippen MR) is 140 cm³/mol. The Kier molecular flexibility index (Phi) is 9.19. The maximum atomic E-state index is 13.6. The van der Waals surface area contributed by atoms with E-state index in [1.165, 1.54) is 11.3 Å². The molecule has 1 aliphatic carbocycles. The molecule has 1 aliphatic rings. The van der Waals surface area contributed by atoms with Crippen LogP contribution in [0.25, 0.3) is 0 Å². The van der Waals surface area contributed by atoms with E-state index in [1.54, 1.807) is 49.4 Å². The molecule has 35 heavy (non-hydrogen) atoms. The summed E-state index contributed by atoms with van der Waals surface area (Å²) in [7, 11) is -3.74. The Morgan fingerprint density at radius 1 is 1.09 bits per heavy atom. The maximum Gasteiger partial charge on any atom is 0.244 e. The molecule has 0 saturated heterocycles. The monoisotopic (exact) mass is 519 g/mol. The van der Waals surface area contributed by atoms with Crippen molar-refractivity contribution < 1.29 is 18.0 Å². The third kappa shape index (κ3) is 7.70. The summed E-state index contributed by atoms with van der Waals surface area (Å²) in [6, 6.07) is 13.3. The van der Waals surface area contributed by atoms with Gasteiger partial charge in [0.15, 0.2) is 0 Å². The van der Waals surface area contributed by atoms with Gasteiger partial charge in [-0.3, -0.25) is 13.9 Å². The van der Waals surface area contributed by atoms with Gasteiger partial charge >= 0.3 is 0 Å². The smallest absolute Gasteiger partial charge is 0.244 e. The van der Waals surface area contributed by atoms with E-state index in [-0.39, 0.29) is 18.5 Å². The number of carbonyl (C=O) groups is 2. The Hall–Kier alpha value is -2.58. The van der Waals surface area contributed by atoms with Gasteiger partial charge in [0, 0.05) is 17.6 Å². The van der Waals surface area contributed by atoms with Crippen molar-refractivity contribution in [3.8, 4) is 0 Å². The Morgan fingerprint density at radius 2 is 1.74 bits per heavy atom. The second-order valence-electron chi connectivity index (χ2n) is 9.28. The van der Waals surface area contributed by atoms with Crippen LogP contribution in [0.15, 0.2) is 48.5 Å². The van der Waals surface area contributed by atoms with Crippen LogP contribution in [0.5, 0.6) is 0 Å². The van der Waals surface area contributed by atoms with Crippen molar-refractivity contribution in [2.45, 2.75) is 64.6 Å². The topological polar surface area (TPSA) is 86.8 Å². The quantitative estimate of drug-likeness (QED) is 0.535. The van der Waals surface area contributed by atoms with Crippen LogP contribution in [-0.4, -0.2) is 50.0 Å². The van der Waals surface area contributed by atoms with Gasteiger partial charge in [-0.15, -0.1) is 0 Å². The van der Waals surface area contributed by atoms with Crippen molar-refractivity contribution in [2.24, 2.45) is 0 Å². The van der Waals surface area contributed by atoms with Gasteiger partial charge in [0.05, 0.1) is 11.9 Å². The van der Waals surface area contributed by atoms with Crippen LogP contribution in [0, 0.1) is 6.92 Å². The first-order valence-corrected chi connectivity index (χ1v) is 14.2. The number of anilines is 1. The van der Waals surface area contributed by atoms with E-state index in [1.807, 2.05) is 13.0 Å². The fourth-order valence-electron chi connectivity index (χ4n) is 4.31. The number of halogens is 1. The van der Waals surface area contributed by atoms with Gasteiger partial charge < -0.3 is 10.2 Å². The summed E-state index contributed by atoms with van der Waals surface area (Å²) in [5, 5.41) is 3.60. The first kappa shape index (κ1) is 27.0. The van der Waals surface area contributed by atoms with Crippen LogP contribution in [0.3, 0.4) is 0 Å². The predicted octanol–water partition coefficient (Wildman–Crippen LogP) is 4.28. The minimum atomic E-state index is -3.74. The number of aryl methyl sites for hydroxylation is 1. The third-order valence-corrected chi connectivity index (χ3v) is 7.74. The second kappa shape index (κ2) is 11.9. The molecular weight excluding hydrogens is 486 g/mol. The molecule has 190 valence electrons. The first-order chi connectivity index (χ1) is 16.5. The van der Waals surface area contributed by atoms with E-state index in [4.69, 9.17) is 11.6 Å². The number of hydrogen-bond donors (Lipinski definition) is 1. The van der Waals surface area contributed by atoms with E-state index in [0.717, 1.165) is 47.4 Å². The maximum absolute atomic E-state index is 13.6. The van der Waals surface area contributed by atoms with Crippen LogP contribution in [0.2, 0.25) is 5.02 Å². The molecule has 2 aromatic carbocycles. The lowest BCUT2D eigenvalue weighted by atomic mass is 9.95. The zero-order chi connectivity index (χ0) is 25.6. The second-order valence-corrected chi connectivity index (χ2v) is 11.6. The van der Waals surface area contributed by atoms with E-state index < -0.39 is 28.5 Å². The molecule has 1 fully saturated rings. The number of nitrogens with one attached hydrogen (secondary N) is 1. The Balaban J connectivity index is 1.86. The number of sulfonamides is 1. The Morgan fingerprint density at radius 3 is 2.34 bits per heavy atom. The SMILES string of the molecule is Cc1ccc(N(CC(=O)N(Cc2cccc(Cl)c2)C(C)C(=O)NC2CCCCC2)S(C)(=O)=O)cc1. The molecule has 1 unspecified atom stereocenters. The average Bonchev–Trinajstić information content (AvgIpc) is 2.81. The molecule has 2 aromatic rings. The van der Waals surface area contributed by atoms with E-state index in [9.17, 15) is 18.0 Å². The molecule has 0 aliphatic heterocycles. The molecule has 7 nitrogen and oxygen atoms in total. The fourth-order valence-corrected chi connectivity index (χ4v) is 5.37. The summed E-state index contributed by atoms with van der Waals surface area (Å²) in [6.45, 7) is 3.30. The molecule has 1 atom stereocenters. The Bertz CT molecular complexity index is 1130. The molecule has 0 spiro atoms. The molecule has 2 amide bonds. The van der Waals surface area contributed by atoms with Gasteiger partial charge in [-0.05, 0) is 56.5 Å². The number of amides is 2. The van der Waals surface area contributed by atoms with Crippen molar-refractivity contribution in [1.29, 1.82) is 0 Å². The zero-order valence-corrected chi connectivity index (χ0v) is 22.1. The van der Waals surface area contributed by atoms with Gasteiger partial charge in [0.25, 0.3) is 0 Å². The van der Waals surface area contributed by atoms with Crippen LogP contribution in [0.1, 0.15) is 50.2 Å². The highest BCUT2D eigenvalue weighted by molar-refractivity contribution is 7.92. The van der Waals surface area contributed by atoms with Gasteiger partial charge in [-0.1, -0.05) is 60.7 Å². The molecule has 9 heteroatoms. The van der Waals surface area contributed by atoms with Crippen LogP contribution < -0.4 is 9.62 Å². The number of rotatable bonds is 9. The molecule has 0 aromatic heterocycles. The zero-order valence-electron chi connectivity index (χ0n) is 20.5. The van der Waals surface area contributed by atoms with Crippen LogP contribution in [-0.2, 0) is 26.2 Å². The highest BCUT2D eigenvalue weighted by Gasteiger charge is 2.31. The summed E-state index contributed by atoms with van der Waals surface area (Å²) in [5.41, 5.74) is 2.13. The lowest BCUT2D eigenvalue weighted by Crippen LogP contribution is -2.52. The van der Waals surface area contributed by atoms with Crippen LogP contribution >= 0.6 is 11.6 Å².